The van der Waals surface area contributed by atoms with Crippen LogP contribution in [0.25, 0.3) is 0 Å². The zero-order valence-corrected chi connectivity index (χ0v) is 21.4. The molecule has 11 heteroatoms. The van der Waals surface area contributed by atoms with E-state index in [1.807, 2.05) is 13.8 Å². The van der Waals surface area contributed by atoms with Gasteiger partial charge in [0.15, 0.2) is 11.0 Å². The second kappa shape index (κ2) is 11.2. The molecule has 180 valence electrons. The summed E-state index contributed by atoms with van der Waals surface area (Å²) in [7, 11) is 1.77. The zero-order chi connectivity index (χ0) is 25.0. The van der Waals surface area contributed by atoms with Crippen LogP contribution in [0.5, 0.6) is 0 Å². The van der Waals surface area contributed by atoms with E-state index in [0.29, 0.717) is 27.3 Å². The van der Waals surface area contributed by atoms with Crippen LogP contribution in [-0.4, -0.2) is 32.3 Å². The summed E-state index contributed by atoms with van der Waals surface area (Å²) in [5.74, 6) is -0.488. The maximum absolute atomic E-state index is 13.5. The molecule has 0 saturated heterocycles. The number of halogens is 3. The highest BCUT2D eigenvalue weighted by Gasteiger charge is 2.26. The van der Waals surface area contributed by atoms with Crippen LogP contribution >= 0.6 is 35.0 Å². The van der Waals surface area contributed by atoms with Crippen molar-refractivity contribution in [3.63, 3.8) is 0 Å². The number of carbonyl (C=O) groups is 2. The van der Waals surface area contributed by atoms with Gasteiger partial charge in [0.1, 0.15) is 5.82 Å². The van der Waals surface area contributed by atoms with E-state index in [2.05, 4.69) is 20.8 Å². The quantitative estimate of drug-likeness (QED) is 0.384. The SMILES string of the molecule is Cc1ccc(F)cc1NC(=O)CSc1nnc([C@@H](NC(=O)c2ccc(Cl)cc2Cl)C(C)C)n1C. The Labute approximate surface area is 211 Å². The highest BCUT2D eigenvalue weighted by atomic mass is 35.5. The van der Waals surface area contributed by atoms with Crippen molar-refractivity contribution in [1.29, 1.82) is 0 Å². The topological polar surface area (TPSA) is 88.9 Å². The van der Waals surface area contributed by atoms with Gasteiger partial charge >= 0.3 is 0 Å². The van der Waals surface area contributed by atoms with Crippen LogP contribution in [0.3, 0.4) is 0 Å². The number of hydrogen-bond acceptors (Lipinski definition) is 5. The Morgan fingerprint density at radius 1 is 1.15 bits per heavy atom. The second-order valence-electron chi connectivity index (χ2n) is 8.02. The van der Waals surface area contributed by atoms with Crippen molar-refractivity contribution in [2.45, 2.75) is 32.0 Å². The first-order valence-corrected chi connectivity index (χ1v) is 12.1. The second-order valence-corrected chi connectivity index (χ2v) is 9.80. The van der Waals surface area contributed by atoms with Crippen molar-refractivity contribution in [2.24, 2.45) is 13.0 Å². The highest BCUT2D eigenvalue weighted by Crippen LogP contribution is 2.26. The molecule has 3 aromatic rings. The Morgan fingerprint density at radius 3 is 2.56 bits per heavy atom. The summed E-state index contributed by atoms with van der Waals surface area (Å²) in [6, 6.07) is 8.44. The van der Waals surface area contributed by atoms with Crippen molar-refractivity contribution in [2.75, 3.05) is 11.1 Å². The van der Waals surface area contributed by atoms with Crippen LogP contribution in [-0.2, 0) is 11.8 Å². The molecular formula is C23H24Cl2FN5O2S. The number of nitrogens with zero attached hydrogens (tertiary/aromatic N) is 3. The van der Waals surface area contributed by atoms with Gasteiger partial charge < -0.3 is 15.2 Å². The molecular weight excluding hydrogens is 500 g/mol. The molecule has 0 unspecified atom stereocenters. The molecule has 0 radical (unpaired) electrons. The number of rotatable bonds is 8. The van der Waals surface area contributed by atoms with Crippen molar-refractivity contribution in [1.82, 2.24) is 20.1 Å². The first-order valence-electron chi connectivity index (χ1n) is 10.4. The molecule has 34 heavy (non-hydrogen) atoms. The summed E-state index contributed by atoms with van der Waals surface area (Å²) in [6.45, 7) is 5.68. The average Bonchev–Trinajstić information content (AvgIpc) is 3.12. The molecule has 0 aliphatic rings. The van der Waals surface area contributed by atoms with E-state index in [9.17, 15) is 14.0 Å². The summed E-state index contributed by atoms with van der Waals surface area (Å²) in [5, 5.41) is 15.3. The van der Waals surface area contributed by atoms with E-state index >= 15 is 0 Å². The Bertz CT molecular complexity index is 1220. The van der Waals surface area contributed by atoms with Gasteiger partial charge in [-0.2, -0.15) is 0 Å². The normalized spacial score (nSPS) is 12.0. The molecule has 1 heterocycles. The van der Waals surface area contributed by atoms with Gasteiger partial charge in [-0.15, -0.1) is 10.2 Å². The minimum absolute atomic E-state index is 0.00460. The number of hydrogen-bond donors (Lipinski definition) is 2. The summed E-state index contributed by atoms with van der Waals surface area (Å²) >= 11 is 13.3. The standard InChI is InChI=1S/C23H24Cl2FN5O2S/c1-12(2)20(28-22(33)16-8-6-14(24)9-17(16)25)21-29-30-23(31(21)4)34-11-19(32)27-18-10-15(26)7-5-13(18)3/h5-10,12,20H,11H2,1-4H3,(H,27,32)(H,28,33)/t20-/m0/s1. The smallest absolute Gasteiger partial charge is 0.253 e. The van der Waals surface area contributed by atoms with Gasteiger partial charge in [-0.3, -0.25) is 9.59 Å². The lowest BCUT2D eigenvalue weighted by Crippen LogP contribution is -2.33. The molecule has 2 N–H and O–H groups in total. The minimum Gasteiger partial charge on any atom is -0.342 e. The first kappa shape index (κ1) is 26.0. The lowest BCUT2D eigenvalue weighted by atomic mass is 10.0. The highest BCUT2D eigenvalue weighted by molar-refractivity contribution is 7.99. The third kappa shape index (κ3) is 6.28. The Morgan fingerprint density at radius 2 is 1.88 bits per heavy atom. The predicted molar refractivity (Wildman–Crippen MR) is 133 cm³/mol. The van der Waals surface area contributed by atoms with E-state index in [1.54, 1.807) is 36.7 Å². The lowest BCUT2D eigenvalue weighted by molar-refractivity contribution is -0.113. The number of amides is 2. The number of thioether (sulfide) groups is 1. The molecule has 0 saturated carbocycles. The molecule has 0 aliphatic heterocycles. The number of carbonyl (C=O) groups excluding carboxylic acids is 2. The van der Waals surface area contributed by atoms with Gasteiger partial charge in [0, 0.05) is 17.8 Å². The number of nitrogens with one attached hydrogen (secondary N) is 2. The maximum Gasteiger partial charge on any atom is 0.253 e. The molecule has 0 aliphatic carbocycles. The Balaban J connectivity index is 1.69. The number of anilines is 1. The van der Waals surface area contributed by atoms with Crippen LogP contribution in [0, 0.1) is 18.7 Å². The van der Waals surface area contributed by atoms with Gasteiger partial charge in [-0.05, 0) is 48.7 Å². The Kier molecular flexibility index (Phi) is 8.57. The third-order valence-corrected chi connectivity index (χ3v) is 6.65. The fourth-order valence-corrected chi connectivity index (χ4v) is 4.40. The Hall–Kier alpha value is -2.62. The predicted octanol–water partition coefficient (Wildman–Crippen LogP) is 5.43. The number of benzene rings is 2. The van der Waals surface area contributed by atoms with Crippen molar-refractivity contribution in [3.05, 3.63) is 69.2 Å². The van der Waals surface area contributed by atoms with E-state index < -0.39 is 11.9 Å². The van der Waals surface area contributed by atoms with Crippen LogP contribution < -0.4 is 10.6 Å². The van der Waals surface area contributed by atoms with E-state index in [0.717, 1.165) is 5.56 Å². The fraction of sp³-hybridized carbons (Fsp3) is 0.304. The summed E-state index contributed by atoms with van der Waals surface area (Å²) in [6.07, 6.45) is 0. The molecule has 7 nitrogen and oxygen atoms in total. The van der Waals surface area contributed by atoms with Gasteiger partial charge in [0.05, 0.1) is 22.4 Å². The lowest BCUT2D eigenvalue weighted by Gasteiger charge is -2.22. The van der Waals surface area contributed by atoms with E-state index in [-0.39, 0.29) is 28.5 Å². The molecule has 0 spiro atoms. The van der Waals surface area contributed by atoms with E-state index in [1.165, 1.54) is 30.0 Å². The summed E-state index contributed by atoms with van der Waals surface area (Å²) in [5.41, 5.74) is 1.49. The molecule has 1 aromatic heterocycles. The number of aryl methyl sites for hydroxylation is 1. The van der Waals surface area contributed by atoms with Gasteiger partial charge in [-0.25, -0.2) is 4.39 Å². The maximum atomic E-state index is 13.5. The van der Waals surface area contributed by atoms with Gasteiger partial charge in [-0.1, -0.05) is 54.9 Å². The van der Waals surface area contributed by atoms with Crippen molar-refractivity contribution < 1.29 is 14.0 Å². The third-order valence-electron chi connectivity index (χ3n) is 5.08. The molecule has 1 atom stereocenters. The average molecular weight is 524 g/mol. The summed E-state index contributed by atoms with van der Waals surface area (Å²) in [4.78, 5) is 25.2. The van der Waals surface area contributed by atoms with Crippen molar-refractivity contribution in [3.8, 4) is 0 Å². The molecule has 2 aromatic carbocycles. The molecule has 0 fully saturated rings. The van der Waals surface area contributed by atoms with Gasteiger partial charge in [0.2, 0.25) is 5.91 Å². The zero-order valence-electron chi connectivity index (χ0n) is 19.0. The monoisotopic (exact) mass is 523 g/mol. The van der Waals surface area contributed by atoms with Crippen molar-refractivity contribution >= 4 is 52.5 Å². The minimum atomic E-state index is -0.449. The molecule has 0 bridgehead atoms. The van der Waals surface area contributed by atoms with E-state index in [4.69, 9.17) is 23.2 Å². The largest absolute Gasteiger partial charge is 0.342 e. The fourth-order valence-electron chi connectivity index (χ4n) is 3.19. The van der Waals surface area contributed by atoms with Crippen LogP contribution in [0.4, 0.5) is 10.1 Å². The van der Waals surface area contributed by atoms with Crippen LogP contribution in [0.1, 0.15) is 41.6 Å². The summed E-state index contributed by atoms with van der Waals surface area (Å²) < 4.78 is 15.2. The van der Waals surface area contributed by atoms with Crippen LogP contribution in [0.15, 0.2) is 41.6 Å². The number of aromatic nitrogens is 3. The molecule has 3 rings (SSSR count). The first-order chi connectivity index (χ1) is 16.1. The molecule has 2 amide bonds. The van der Waals surface area contributed by atoms with Gasteiger partial charge in [0.25, 0.3) is 5.91 Å². The van der Waals surface area contributed by atoms with Crippen LogP contribution in [0.2, 0.25) is 10.0 Å².